The number of aryl methyl sites for hydroxylation is 1. The summed E-state index contributed by atoms with van der Waals surface area (Å²) in [5, 5.41) is 9.37. The monoisotopic (exact) mass is 425 g/mol. The number of benzene rings is 1. The number of nitriles is 1. The Morgan fingerprint density at radius 3 is 2.34 bits per heavy atom. The van der Waals surface area contributed by atoms with Crippen molar-refractivity contribution in [2.24, 2.45) is 7.05 Å². The standard InChI is InChI=1S/C24H21N5O.C2H6/c1-24(2,16-25)19-6-8-20(9-7-19)29-22(15-28(3)23(29)30)21-13-17(10-12-27-21)18-5-4-11-26-14-18;1-2/h4-15H,1-3H3;1-2H3. The second-order valence-corrected chi connectivity index (χ2v) is 7.70. The minimum Gasteiger partial charge on any atom is -0.301 e. The molecule has 4 rings (SSSR count). The quantitative estimate of drug-likeness (QED) is 0.454. The molecule has 0 atom stereocenters. The minimum absolute atomic E-state index is 0.161. The molecule has 0 fully saturated rings. The lowest BCUT2D eigenvalue weighted by molar-refractivity contribution is 0.686. The highest BCUT2D eigenvalue weighted by molar-refractivity contribution is 5.69. The van der Waals surface area contributed by atoms with E-state index in [1.807, 2.05) is 76.2 Å². The maximum absolute atomic E-state index is 12.9. The first-order valence-electron chi connectivity index (χ1n) is 10.6. The third-order valence-electron chi connectivity index (χ3n) is 5.19. The summed E-state index contributed by atoms with van der Waals surface area (Å²) in [4.78, 5) is 21.6. The molecule has 1 aromatic carbocycles. The molecule has 0 saturated heterocycles. The molecule has 32 heavy (non-hydrogen) atoms. The topological polar surface area (TPSA) is 76.5 Å². The van der Waals surface area contributed by atoms with Gasteiger partial charge < -0.3 is 4.57 Å². The zero-order valence-corrected chi connectivity index (χ0v) is 19.1. The van der Waals surface area contributed by atoms with Gasteiger partial charge in [0.2, 0.25) is 0 Å². The molecule has 3 aromatic heterocycles. The minimum atomic E-state index is -0.595. The lowest BCUT2D eigenvalue weighted by Gasteiger charge is -2.16. The molecule has 0 unspecified atom stereocenters. The normalized spacial score (nSPS) is 10.8. The Labute approximate surface area is 188 Å². The van der Waals surface area contributed by atoms with Crippen molar-refractivity contribution < 1.29 is 0 Å². The van der Waals surface area contributed by atoms with E-state index in [4.69, 9.17) is 0 Å². The Balaban J connectivity index is 0.00000141. The van der Waals surface area contributed by atoms with Crippen molar-refractivity contribution in [2.75, 3.05) is 0 Å². The molecule has 0 radical (unpaired) electrons. The average molecular weight is 426 g/mol. The molecule has 0 N–H and O–H groups in total. The number of nitrogens with zero attached hydrogens (tertiary/aromatic N) is 5. The molecule has 0 aliphatic rings. The fourth-order valence-corrected chi connectivity index (χ4v) is 3.36. The van der Waals surface area contributed by atoms with E-state index in [2.05, 4.69) is 16.0 Å². The van der Waals surface area contributed by atoms with Crippen LogP contribution >= 0.6 is 0 Å². The van der Waals surface area contributed by atoms with Crippen LogP contribution in [-0.4, -0.2) is 19.1 Å². The van der Waals surface area contributed by atoms with Crippen LogP contribution in [0.5, 0.6) is 0 Å². The molecule has 3 heterocycles. The predicted molar refractivity (Wildman–Crippen MR) is 127 cm³/mol. The van der Waals surface area contributed by atoms with Crippen LogP contribution in [0.1, 0.15) is 33.3 Å². The van der Waals surface area contributed by atoms with Gasteiger partial charge in [0, 0.05) is 37.4 Å². The summed E-state index contributed by atoms with van der Waals surface area (Å²) in [5.74, 6) is 0. The fraction of sp³-hybridized carbons (Fsp3) is 0.231. The number of hydrogen-bond donors (Lipinski definition) is 0. The molecule has 162 valence electrons. The van der Waals surface area contributed by atoms with Gasteiger partial charge in [-0.25, -0.2) is 4.79 Å². The first-order valence-corrected chi connectivity index (χ1v) is 10.6. The van der Waals surface area contributed by atoms with Crippen LogP contribution in [0.3, 0.4) is 0 Å². The Hall–Kier alpha value is -3.98. The van der Waals surface area contributed by atoms with Crippen LogP contribution in [0.25, 0.3) is 28.2 Å². The van der Waals surface area contributed by atoms with Crippen LogP contribution in [-0.2, 0) is 12.5 Å². The highest BCUT2D eigenvalue weighted by Crippen LogP contribution is 2.27. The maximum Gasteiger partial charge on any atom is 0.333 e. The number of pyridine rings is 2. The Morgan fingerprint density at radius 1 is 1.00 bits per heavy atom. The Bertz CT molecular complexity index is 1290. The molecule has 0 spiro atoms. The number of imidazole rings is 1. The van der Waals surface area contributed by atoms with Crippen LogP contribution in [0.2, 0.25) is 0 Å². The van der Waals surface area contributed by atoms with E-state index in [0.717, 1.165) is 22.4 Å². The largest absolute Gasteiger partial charge is 0.333 e. The molecule has 0 saturated carbocycles. The van der Waals surface area contributed by atoms with Crippen molar-refractivity contribution in [3.05, 3.63) is 89.4 Å². The highest BCUT2D eigenvalue weighted by atomic mass is 16.1. The molecule has 4 aromatic rings. The lowest BCUT2D eigenvalue weighted by atomic mass is 9.86. The molecular weight excluding hydrogens is 398 g/mol. The van der Waals surface area contributed by atoms with Gasteiger partial charge in [-0.2, -0.15) is 5.26 Å². The van der Waals surface area contributed by atoms with E-state index in [9.17, 15) is 10.1 Å². The lowest BCUT2D eigenvalue weighted by Crippen LogP contribution is -2.21. The zero-order chi connectivity index (χ0) is 23.3. The Morgan fingerprint density at radius 2 is 1.72 bits per heavy atom. The van der Waals surface area contributed by atoms with E-state index in [1.165, 1.54) is 0 Å². The van der Waals surface area contributed by atoms with Gasteiger partial charge in [0.15, 0.2) is 0 Å². The summed E-state index contributed by atoms with van der Waals surface area (Å²) in [6.45, 7) is 7.74. The average Bonchev–Trinajstić information content (AvgIpc) is 3.15. The van der Waals surface area contributed by atoms with Crippen LogP contribution in [0.15, 0.2) is 78.1 Å². The summed E-state index contributed by atoms with van der Waals surface area (Å²) in [7, 11) is 1.72. The summed E-state index contributed by atoms with van der Waals surface area (Å²) >= 11 is 0. The third-order valence-corrected chi connectivity index (χ3v) is 5.19. The number of aromatic nitrogens is 4. The van der Waals surface area contributed by atoms with Gasteiger partial charge in [-0.15, -0.1) is 0 Å². The van der Waals surface area contributed by atoms with Gasteiger partial charge in [-0.3, -0.25) is 14.5 Å². The van der Waals surface area contributed by atoms with Crippen molar-refractivity contribution in [3.63, 3.8) is 0 Å². The summed E-state index contributed by atoms with van der Waals surface area (Å²) in [6.07, 6.45) is 7.05. The van der Waals surface area contributed by atoms with Crippen molar-refractivity contribution in [1.82, 2.24) is 19.1 Å². The van der Waals surface area contributed by atoms with Crippen molar-refractivity contribution in [1.29, 1.82) is 5.26 Å². The summed E-state index contributed by atoms with van der Waals surface area (Å²) in [6, 6.07) is 17.6. The van der Waals surface area contributed by atoms with Gasteiger partial charge in [0.25, 0.3) is 0 Å². The van der Waals surface area contributed by atoms with Gasteiger partial charge in [0.1, 0.15) is 0 Å². The van der Waals surface area contributed by atoms with Crippen LogP contribution in [0, 0.1) is 11.3 Å². The molecule has 0 bridgehead atoms. The molecule has 0 amide bonds. The van der Waals surface area contributed by atoms with E-state index >= 15 is 0 Å². The van der Waals surface area contributed by atoms with Crippen LogP contribution < -0.4 is 5.69 Å². The third kappa shape index (κ3) is 4.37. The van der Waals surface area contributed by atoms with Gasteiger partial charge in [-0.05, 0) is 55.3 Å². The smallest absolute Gasteiger partial charge is 0.301 e. The second kappa shape index (κ2) is 9.44. The Kier molecular flexibility index (Phi) is 6.70. The van der Waals surface area contributed by atoms with E-state index in [-0.39, 0.29) is 5.69 Å². The fourth-order valence-electron chi connectivity index (χ4n) is 3.36. The number of rotatable bonds is 4. The van der Waals surface area contributed by atoms with Crippen molar-refractivity contribution >= 4 is 0 Å². The van der Waals surface area contributed by atoms with Gasteiger partial charge in [-0.1, -0.05) is 32.0 Å². The maximum atomic E-state index is 12.9. The van der Waals surface area contributed by atoms with E-state index < -0.39 is 5.41 Å². The molecule has 6 heteroatoms. The van der Waals surface area contributed by atoms with Crippen LogP contribution in [0.4, 0.5) is 0 Å². The highest BCUT2D eigenvalue weighted by Gasteiger charge is 2.20. The second-order valence-electron chi connectivity index (χ2n) is 7.70. The molecule has 0 aliphatic carbocycles. The van der Waals surface area contributed by atoms with Crippen molar-refractivity contribution in [3.8, 4) is 34.3 Å². The summed E-state index contributed by atoms with van der Waals surface area (Å²) < 4.78 is 3.18. The first-order chi connectivity index (χ1) is 15.4. The number of hydrogen-bond acceptors (Lipinski definition) is 4. The van der Waals surface area contributed by atoms with E-state index in [0.29, 0.717) is 11.4 Å². The van der Waals surface area contributed by atoms with Gasteiger partial charge >= 0.3 is 5.69 Å². The zero-order valence-electron chi connectivity index (χ0n) is 19.1. The van der Waals surface area contributed by atoms with E-state index in [1.54, 1.807) is 41.0 Å². The molecular formula is C26H27N5O. The van der Waals surface area contributed by atoms with Gasteiger partial charge in [0.05, 0.1) is 28.6 Å². The molecule has 6 nitrogen and oxygen atoms in total. The van der Waals surface area contributed by atoms with Crippen molar-refractivity contribution in [2.45, 2.75) is 33.1 Å². The SMILES string of the molecule is CC.Cn1cc(-c2cc(-c3cccnc3)ccn2)n(-c2ccc(C(C)(C)C#N)cc2)c1=O. The first kappa shape index (κ1) is 22.7. The molecule has 0 aliphatic heterocycles. The summed E-state index contributed by atoms with van der Waals surface area (Å²) in [5.41, 5.74) is 4.21. The predicted octanol–water partition coefficient (Wildman–Crippen LogP) is 5.13.